The summed E-state index contributed by atoms with van der Waals surface area (Å²) in [5.74, 6) is -0.745. The average Bonchev–Trinajstić information content (AvgIpc) is 2.15. The van der Waals surface area contributed by atoms with E-state index < -0.39 is 24.1 Å². The number of halogens is 4. The molecular formula is C9H7BrF3NO2. The van der Waals surface area contributed by atoms with Crippen molar-refractivity contribution in [1.82, 2.24) is 4.98 Å². The Balaban J connectivity index is 3.18. The van der Waals surface area contributed by atoms with E-state index in [-0.39, 0.29) is 10.0 Å². The summed E-state index contributed by atoms with van der Waals surface area (Å²) in [6.07, 6.45) is -2.96. The van der Waals surface area contributed by atoms with E-state index in [1.165, 1.54) is 0 Å². The van der Waals surface area contributed by atoms with Gasteiger partial charge < -0.3 is 4.74 Å². The first-order valence-electron chi connectivity index (χ1n) is 4.12. The van der Waals surface area contributed by atoms with Crippen LogP contribution in [-0.4, -0.2) is 18.1 Å². The Labute approximate surface area is 97.8 Å². The van der Waals surface area contributed by atoms with Crippen molar-refractivity contribution >= 4 is 21.9 Å². The number of aromatic nitrogens is 1. The van der Waals surface area contributed by atoms with E-state index in [9.17, 15) is 18.0 Å². The van der Waals surface area contributed by atoms with Crippen molar-refractivity contribution in [2.24, 2.45) is 0 Å². The third-order valence-corrected chi connectivity index (χ3v) is 2.43. The maximum atomic E-state index is 12.7. The standard InChI is InChI=1S/C9H7BrF3NO2/c1-16-7(15)2-5-3-14-4-6(10)8(5)9(11,12)13/h3-4H,2H2,1H3. The number of methoxy groups -OCH3 is 1. The number of carbonyl (C=O) groups is 1. The number of pyridine rings is 1. The minimum absolute atomic E-state index is 0.193. The van der Waals surface area contributed by atoms with Crippen molar-refractivity contribution in [1.29, 1.82) is 0 Å². The van der Waals surface area contributed by atoms with Crippen molar-refractivity contribution in [2.75, 3.05) is 7.11 Å². The van der Waals surface area contributed by atoms with Gasteiger partial charge in [-0.15, -0.1) is 0 Å². The number of alkyl halides is 3. The molecule has 0 aliphatic heterocycles. The van der Waals surface area contributed by atoms with Crippen LogP contribution in [0.15, 0.2) is 16.9 Å². The van der Waals surface area contributed by atoms with Crippen LogP contribution < -0.4 is 0 Å². The van der Waals surface area contributed by atoms with Gasteiger partial charge in [0.2, 0.25) is 0 Å². The van der Waals surface area contributed by atoms with Crippen LogP contribution in [0.4, 0.5) is 13.2 Å². The number of ether oxygens (including phenoxy) is 1. The predicted molar refractivity (Wildman–Crippen MR) is 52.7 cm³/mol. The van der Waals surface area contributed by atoms with E-state index in [1.807, 2.05) is 0 Å². The molecule has 0 N–H and O–H groups in total. The number of carbonyl (C=O) groups excluding carboxylic acids is 1. The Morgan fingerprint density at radius 3 is 2.62 bits per heavy atom. The molecule has 0 unspecified atom stereocenters. The number of nitrogens with zero attached hydrogens (tertiary/aromatic N) is 1. The Kier molecular flexibility index (Phi) is 3.90. The fraction of sp³-hybridized carbons (Fsp3) is 0.333. The number of esters is 1. The summed E-state index contributed by atoms with van der Waals surface area (Å²) in [6.45, 7) is 0. The molecular weight excluding hydrogens is 291 g/mol. The first-order valence-corrected chi connectivity index (χ1v) is 4.92. The molecule has 0 fully saturated rings. The highest BCUT2D eigenvalue weighted by atomic mass is 79.9. The second kappa shape index (κ2) is 4.82. The van der Waals surface area contributed by atoms with Crippen LogP contribution >= 0.6 is 15.9 Å². The first kappa shape index (κ1) is 13.0. The van der Waals surface area contributed by atoms with Gasteiger partial charge >= 0.3 is 12.1 Å². The van der Waals surface area contributed by atoms with Crippen LogP contribution in [0.1, 0.15) is 11.1 Å². The zero-order valence-corrected chi connectivity index (χ0v) is 9.72. The lowest BCUT2D eigenvalue weighted by Gasteiger charge is -2.13. The molecule has 1 rings (SSSR count). The largest absolute Gasteiger partial charge is 0.469 e. The van der Waals surface area contributed by atoms with Gasteiger partial charge in [0, 0.05) is 16.9 Å². The van der Waals surface area contributed by atoms with Gasteiger partial charge in [-0.2, -0.15) is 13.2 Å². The molecule has 0 saturated carbocycles. The lowest BCUT2D eigenvalue weighted by atomic mass is 10.1. The Bertz CT molecular complexity index is 406. The first-order chi connectivity index (χ1) is 7.36. The molecule has 0 aromatic carbocycles. The number of rotatable bonds is 2. The SMILES string of the molecule is COC(=O)Cc1cncc(Br)c1C(F)(F)F. The number of hydrogen-bond donors (Lipinski definition) is 0. The maximum Gasteiger partial charge on any atom is 0.417 e. The highest BCUT2D eigenvalue weighted by molar-refractivity contribution is 9.10. The van der Waals surface area contributed by atoms with E-state index in [4.69, 9.17) is 0 Å². The fourth-order valence-corrected chi connectivity index (χ4v) is 1.75. The van der Waals surface area contributed by atoms with Gasteiger partial charge in [0.15, 0.2) is 0 Å². The molecule has 0 atom stereocenters. The monoisotopic (exact) mass is 297 g/mol. The smallest absolute Gasteiger partial charge is 0.417 e. The Hall–Kier alpha value is -1.11. The van der Waals surface area contributed by atoms with Gasteiger partial charge in [0.1, 0.15) is 0 Å². The van der Waals surface area contributed by atoms with Gasteiger partial charge in [0.05, 0.1) is 19.1 Å². The third-order valence-electron chi connectivity index (χ3n) is 1.82. The Morgan fingerprint density at radius 1 is 1.50 bits per heavy atom. The lowest BCUT2D eigenvalue weighted by Crippen LogP contribution is -2.14. The summed E-state index contributed by atoms with van der Waals surface area (Å²) in [5.41, 5.74) is -1.11. The van der Waals surface area contributed by atoms with Gasteiger partial charge in [-0.3, -0.25) is 9.78 Å². The van der Waals surface area contributed by atoms with Crippen LogP contribution in [0.25, 0.3) is 0 Å². The summed E-state index contributed by atoms with van der Waals surface area (Å²) in [7, 11) is 1.11. The molecule has 88 valence electrons. The third kappa shape index (κ3) is 2.94. The minimum atomic E-state index is -4.54. The highest BCUT2D eigenvalue weighted by Gasteiger charge is 2.36. The van der Waals surface area contributed by atoms with Crippen LogP contribution in [0, 0.1) is 0 Å². The molecule has 0 saturated heterocycles. The van der Waals surface area contributed by atoms with E-state index in [2.05, 4.69) is 25.7 Å². The van der Waals surface area contributed by atoms with E-state index in [0.29, 0.717) is 0 Å². The van der Waals surface area contributed by atoms with E-state index in [0.717, 1.165) is 19.5 Å². The molecule has 3 nitrogen and oxygen atoms in total. The summed E-state index contributed by atoms with van der Waals surface area (Å²) in [6, 6.07) is 0. The molecule has 1 heterocycles. The highest BCUT2D eigenvalue weighted by Crippen LogP contribution is 2.36. The summed E-state index contributed by atoms with van der Waals surface area (Å²) < 4.78 is 42.1. The van der Waals surface area contributed by atoms with Crippen LogP contribution in [0.2, 0.25) is 0 Å². The Morgan fingerprint density at radius 2 is 2.12 bits per heavy atom. The van der Waals surface area contributed by atoms with Crippen molar-refractivity contribution in [2.45, 2.75) is 12.6 Å². The number of hydrogen-bond acceptors (Lipinski definition) is 3. The van der Waals surface area contributed by atoms with Crippen molar-refractivity contribution in [3.05, 3.63) is 28.0 Å². The molecule has 1 aromatic rings. The quantitative estimate of drug-likeness (QED) is 0.788. The lowest BCUT2D eigenvalue weighted by molar-refractivity contribution is -0.141. The molecule has 0 spiro atoms. The fourth-order valence-electron chi connectivity index (χ4n) is 1.15. The second-order valence-corrected chi connectivity index (χ2v) is 3.76. The van der Waals surface area contributed by atoms with Crippen LogP contribution in [-0.2, 0) is 22.1 Å². The maximum absolute atomic E-state index is 12.7. The van der Waals surface area contributed by atoms with Crippen LogP contribution in [0.3, 0.4) is 0 Å². The summed E-state index contributed by atoms with van der Waals surface area (Å²) in [4.78, 5) is 14.5. The molecule has 1 aromatic heterocycles. The van der Waals surface area contributed by atoms with E-state index >= 15 is 0 Å². The van der Waals surface area contributed by atoms with Crippen LogP contribution in [0.5, 0.6) is 0 Å². The van der Waals surface area contributed by atoms with Crippen molar-refractivity contribution < 1.29 is 22.7 Å². The van der Waals surface area contributed by atoms with Crippen molar-refractivity contribution in [3.8, 4) is 0 Å². The van der Waals surface area contributed by atoms with E-state index in [1.54, 1.807) is 0 Å². The van der Waals surface area contributed by atoms with Gasteiger partial charge in [-0.25, -0.2) is 0 Å². The van der Waals surface area contributed by atoms with Crippen molar-refractivity contribution in [3.63, 3.8) is 0 Å². The second-order valence-electron chi connectivity index (χ2n) is 2.91. The topological polar surface area (TPSA) is 39.2 Å². The molecule has 0 bridgehead atoms. The molecule has 0 aliphatic rings. The van der Waals surface area contributed by atoms with Gasteiger partial charge in [-0.05, 0) is 21.5 Å². The average molecular weight is 298 g/mol. The molecule has 7 heteroatoms. The molecule has 0 amide bonds. The predicted octanol–water partition coefficient (Wildman–Crippen LogP) is 2.58. The zero-order chi connectivity index (χ0) is 12.3. The molecule has 16 heavy (non-hydrogen) atoms. The van der Waals surface area contributed by atoms with Gasteiger partial charge in [0.25, 0.3) is 0 Å². The minimum Gasteiger partial charge on any atom is -0.469 e. The zero-order valence-electron chi connectivity index (χ0n) is 8.14. The molecule has 0 radical (unpaired) electrons. The van der Waals surface area contributed by atoms with Gasteiger partial charge in [-0.1, -0.05) is 0 Å². The molecule has 0 aliphatic carbocycles. The summed E-state index contributed by atoms with van der Waals surface area (Å²) in [5, 5.41) is 0. The summed E-state index contributed by atoms with van der Waals surface area (Å²) >= 11 is 2.76. The normalized spacial score (nSPS) is 11.3.